The predicted octanol–water partition coefficient (Wildman–Crippen LogP) is 3.11. The lowest BCUT2D eigenvalue weighted by Crippen LogP contribution is -2.27. The molecule has 1 aliphatic rings. The van der Waals surface area contributed by atoms with E-state index in [0.717, 1.165) is 21.8 Å². The Labute approximate surface area is 149 Å². The van der Waals surface area contributed by atoms with Gasteiger partial charge in [0.25, 0.3) is 5.91 Å². The van der Waals surface area contributed by atoms with E-state index in [2.05, 4.69) is 26.3 Å². The molecular weight excluding hydrogens is 336 g/mol. The molecule has 1 saturated carbocycles. The van der Waals surface area contributed by atoms with Crippen LogP contribution in [0.15, 0.2) is 35.8 Å². The monoisotopic (exact) mass is 356 g/mol. The molecule has 1 aliphatic carbocycles. The fourth-order valence-electron chi connectivity index (χ4n) is 2.73. The minimum Gasteiger partial charge on any atom is -0.497 e. The van der Waals surface area contributed by atoms with Gasteiger partial charge in [0.1, 0.15) is 11.4 Å². The van der Waals surface area contributed by atoms with Crippen molar-refractivity contribution < 1.29 is 9.53 Å². The third-order valence-corrected chi connectivity index (χ3v) is 5.03. The molecule has 1 fully saturated rings. The number of aromatic nitrogens is 2. The number of hydrogen-bond donors (Lipinski definition) is 2. The van der Waals surface area contributed by atoms with Crippen LogP contribution in [0.3, 0.4) is 0 Å². The van der Waals surface area contributed by atoms with E-state index in [1.165, 1.54) is 24.2 Å². The summed E-state index contributed by atoms with van der Waals surface area (Å²) in [6.45, 7) is 1.26. The van der Waals surface area contributed by atoms with Crippen molar-refractivity contribution in [1.82, 2.24) is 14.9 Å². The molecule has 2 heterocycles. The van der Waals surface area contributed by atoms with E-state index < -0.39 is 0 Å². The lowest BCUT2D eigenvalue weighted by atomic mass is 10.2. The van der Waals surface area contributed by atoms with Crippen molar-refractivity contribution >= 4 is 33.3 Å². The van der Waals surface area contributed by atoms with Gasteiger partial charge in [-0.3, -0.25) is 4.79 Å². The lowest BCUT2D eigenvalue weighted by Gasteiger charge is -2.07. The number of methoxy groups -OCH3 is 1. The number of rotatable bonds is 7. The molecule has 0 radical (unpaired) electrons. The molecule has 0 unspecified atom stereocenters. The maximum Gasteiger partial charge on any atom is 0.270 e. The first-order valence-corrected chi connectivity index (χ1v) is 9.24. The average molecular weight is 356 g/mol. The Hall–Kier alpha value is -2.54. The second-order valence-corrected chi connectivity index (χ2v) is 7.00. The van der Waals surface area contributed by atoms with E-state index in [1.807, 2.05) is 24.4 Å². The van der Waals surface area contributed by atoms with Crippen LogP contribution in [0.4, 0.5) is 5.13 Å². The van der Waals surface area contributed by atoms with Gasteiger partial charge >= 0.3 is 0 Å². The van der Waals surface area contributed by atoms with Crippen LogP contribution in [0.25, 0.3) is 10.9 Å². The SMILES string of the molecule is COc1ccc2c(ccn2CCNC(=O)c2csc(NC3CC3)n2)c1. The van der Waals surface area contributed by atoms with E-state index in [-0.39, 0.29) is 5.91 Å². The van der Waals surface area contributed by atoms with Gasteiger partial charge in [-0.05, 0) is 37.1 Å². The summed E-state index contributed by atoms with van der Waals surface area (Å²) < 4.78 is 7.37. The molecule has 0 atom stereocenters. The van der Waals surface area contributed by atoms with Crippen molar-refractivity contribution in [2.24, 2.45) is 0 Å². The largest absolute Gasteiger partial charge is 0.497 e. The molecule has 2 N–H and O–H groups in total. The Morgan fingerprint density at radius 1 is 1.40 bits per heavy atom. The molecule has 0 aliphatic heterocycles. The number of carbonyl (C=O) groups is 1. The Kier molecular flexibility index (Phi) is 4.31. The van der Waals surface area contributed by atoms with E-state index >= 15 is 0 Å². The fraction of sp³-hybridized carbons (Fsp3) is 0.333. The second-order valence-electron chi connectivity index (χ2n) is 6.15. The third-order valence-electron chi connectivity index (χ3n) is 4.26. The van der Waals surface area contributed by atoms with Crippen molar-refractivity contribution in [2.75, 3.05) is 19.0 Å². The molecule has 130 valence electrons. The normalized spacial score (nSPS) is 13.8. The Morgan fingerprint density at radius 2 is 2.28 bits per heavy atom. The highest BCUT2D eigenvalue weighted by Crippen LogP contribution is 2.26. The Morgan fingerprint density at radius 3 is 3.08 bits per heavy atom. The quantitative estimate of drug-likeness (QED) is 0.683. The van der Waals surface area contributed by atoms with E-state index in [0.29, 0.717) is 24.8 Å². The van der Waals surface area contributed by atoms with Gasteiger partial charge in [-0.15, -0.1) is 11.3 Å². The van der Waals surface area contributed by atoms with Crippen molar-refractivity contribution in [3.63, 3.8) is 0 Å². The molecular formula is C18H20N4O2S. The first-order chi connectivity index (χ1) is 12.2. The number of thiazole rings is 1. The maximum absolute atomic E-state index is 12.2. The molecule has 1 amide bonds. The molecule has 0 spiro atoms. The number of anilines is 1. The third kappa shape index (κ3) is 3.61. The van der Waals surface area contributed by atoms with Gasteiger partial charge in [0.05, 0.1) is 7.11 Å². The number of benzene rings is 1. The number of fused-ring (bicyclic) bond motifs is 1. The molecule has 7 heteroatoms. The number of hydrogen-bond acceptors (Lipinski definition) is 5. The first-order valence-electron chi connectivity index (χ1n) is 8.36. The zero-order valence-electron chi connectivity index (χ0n) is 14.0. The Balaban J connectivity index is 1.34. The van der Waals surface area contributed by atoms with Crippen LogP contribution in [0.5, 0.6) is 5.75 Å². The minimum atomic E-state index is -0.127. The summed E-state index contributed by atoms with van der Waals surface area (Å²) in [5.41, 5.74) is 1.61. The van der Waals surface area contributed by atoms with Crippen molar-refractivity contribution in [3.8, 4) is 5.75 Å². The van der Waals surface area contributed by atoms with Crippen LogP contribution in [-0.2, 0) is 6.54 Å². The summed E-state index contributed by atoms with van der Waals surface area (Å²) in [6, 6.07) is 8.58. The van der Waals surface area contributed by atoms with Crippen LogP contribution in [0.2, 0.25) is 0 Å². The standard InChI is InChI=1S/C18H20N4O2S/c1-24-14-4-5-16-12(10-14)6-8-22(16)9-7-19-17(23)15-11-25-18(21-15)20-13-2-3-13/h4-6,8,10-11,13H,2-3,7,9H2,1H3,(H,19,23)(H,20,21). The highest BCUT2D eigenvalue weighted by atomic mass is 32.1. The number of nitrogens with one attached hydrogen (secondary N) is 2. The van der Waals surface area contributed by atoms with E-state index in [1.54, 1.807) is 12.5 Å². The summed E-state index contributed by atoms with van der Waals surface area (Å²) in [4.78, 5) is 16.6. The van der Waals surface area contributed by atoms with Crippen molar-refractivity contribution in [2.45, 2.75) is 25.4 Å². The van der Waals surface area contributed by atoms with Crippen molar-refractivity contribution in [3.05, 3.63) is 41.5 Å². The van der Waals surface area contributed by atoms with Gasteiger partial charge < -0.3 is 19.9 Å². The summed E-state index contributed by atoms with van der Waals surface area (Å²) in [5.74, 6) is 0.718. The van der Waals surface area contributed by atoms with Crippen LogP contribution in [0, 0.1) is 0 Å². The maximum atomic E-state index is 12.2. The van der Waals surface area contributed by atoms with Gasteiger partial charge in [-0.1, -0.05) is 0 Å². The second kappa shape index (κ2) is 6.76. The van der Waals surface area contributed by atoms with Gasteiger partial charge in [0.2, 0.25) is 0 Å². The van der Waals surface area contributed by atoms with Crippen LogP contribution in [-0.4, -0.2) is 35.2 Å². The molecule has 2 aromatic heterocycles. The van der Waals surface area contributed by atoms with Gasteiger partial charge in [-0.25, -0.2) is 4.98 Å². The van der Waals surface area contributed by atoms with Crippen LogP contribution in [0.1, 0.15) is 23.3 Å². The summed E-state index contributed by atoms with van der Waals surface area (Å²) in [6.07, 6.45) is 4.41. The summed E-state index contributed by atoms with van der Waals surface area (Å²) in [7, 11) is 1.66. The molecule has 3 aromatic rings. The number of carbonyl (C=O) groups excluding carboxylic acids is 1. The topological polar surface area (TPSA) is 68.2 Å². The van der Waals surface area contributed by atoms with E-state index in [4.69, 9.17) is 4.74 Å². The van der Waals surface area contributed by atoms with Gasteiger partial charge in [0.15, 0.2) is 5.13 Å². The molecule has 1 aromatic carbocycles. The smallest absolute Gasteiger partial charge is 0.270 e. The number of nitrogens with zero attached hydrogens (tertiary/aromatic N) is 2. The molecule has 25 heavy (non-hydrogen) atoms. The number of amides is 1. The highest BCUT2D eigenvalue weighted by Gasteiger charge is 2.22. The summed E-state index contributed by atoms with van der Waals surface area (Å²) >= 11 is 1.48. The van der Waals surface area contributed by atoms with Crippen LogP contribution < -0.4 is 15.4 Å². The van der Waals surface area contributed by atoms with Crippen molar-refractivity contribution in [1.29, 1.82) is 0 Å². The fourth-order valence-corrected chi connectivity index (χ4v) is 3.50. The van der Waals surface area contributed by atoms with Gasteiger partial charge in [0, 0.05) is 41.6 Å². The zero-order valence-corrected chi connectivity index (χ0v) is 14.8. The van der Waals surface area contributed by atoms with Gasteiger partial charge in [-0.2, -0.15) is 0 Å². The lowest BCUT2D eigenvalue weighted by molar-refractivity contribution is 0.0948. The first kappa shape index (κ1) is 16.0. The molecule has 0 saturated heterocycles. The molecule has 6 nitrogen and oxygen atoms in total. The zero-order chi connectivity index (χ0) is 17.2. The Bertz CT molecular complexity index is 898. The summed E-state index contributed by atoms with van der Waals surface area (Å²) in [5, 5.41) is 10.0. The average Bonchev–Trinajstić information content (AvgIpc) is 3.16. The van der Waals surface area contributed by atoms with E-state index in [9.17, 15) is 4.79 Å². The minimum absolute atomic E-state index is 0.127. The highest BCUT2D eigenvalue weighted by molar-refractivity contribution is 7.13. The number of ether oxygens (including phenoxy) is 1. The molecule has 0 bridgehead atoms. The molecule has 4 rings (SSSR count). The van der Waals surface area contributed by atoms with Crippen LogP contribution >= 0.6 is 11.3 Å². The predicted molar refractivity (Wildman–Crippen MR) is 99.6 cm³/mol.